The van der Waals surface area contributed by atoms with E-state index >= 15 is 0 Å². The SMILES string of the molecule is CCC[C@@H](CC(=O)O)NC(=O)c1cnn2c(C)cc(C)nc12. The zero-order chi connectivity index (χ0) is 16.3. The molecule has 2 N–H and O–H groups in total. The highest BCUT2D eigenvalue weighted by molar-refractivity contribution is 6.00. The van der Waals surface area contributed by atoms with E-state index in [4.69, 9.17) is 5.11 Å². The van der Waals surface area contributed by atoms with Crippen molar-refractivity contribution in [2.75, 3.05) is 0 Å². The number of aryl methyl sites for hydroxylation is 2. The molecule has 0 fully saturated rings. The first-order chi connectivity index (χ1) is 10.4. The molecule has 1 atom stereocenters. The Balaban J connectivity index is 2.27. The van der Waals surface area contributed by atoms with Gasteiger partial charge in [-0.1, -0.05) is 13.3 Å². The van der Waals surface area contributed by atoms with Gasteiger partial charge in [0.15, 0.2) is 5.65 Å². The maximum atomic E-state index is 12.4. The van der Waals surface area contributed by atoms with Crippen molar-refractivity contribution in [3.8, 4) is 0 Å². The Morgan fingerprint density at radius 3 is 2.77 bits per heavy atom. The number of aromatic nitrogens is 3. The predicted octanol–water partition coefficient (Wildman–Crippen LogP) is 1.72. The molecule has 7 nitrogen and oxygen atoms in total. The van der Waals surface area contributed by atoms with Crippen molar-refractivity contribution >= 4 is 17.5 Å². The Morgan fingerprint density at radius 2 is 2.14 bits per heavy atom. The first-order valence-electron chi connectivity index (χ1n) is 7.27. The van der Waals surface area contributed by atoms with Crippen LogP contribution >= 0.6 is 0 Å². The fourth-order valence-electron chi connectivity index (χ4n) is 2.48. The van der Waals surface area contributed by atoms with Crippen molar-refractivity contribution in [2.45, 2.75) is 46.1 Å². The number of nitrogens with zero attached hydrogens (tertiary/aromatic N) is 3. The third-order valence-electron chi connectivity index (χ3n) is 3.42. The molecule has 7 heteroatoms. The molecule has 2 aromatic heterocycles. The molecule has 0 aliphatic heterocycles. The largest absolute Gasteiger partial charge is 0.481 e. The van der Waals surface area contributed by atoms with E-state index in [2.05, 4.69) is 15.4 Å². The van der Waals surface area contributed by atoms with E-state index in [0.717, 1.165) is 17.8 Å². The monoisotopic (exact) mass is 304 g/mol. The second-order valence-electron chi connectivity index (χ2n) is 5.39. The van der Waals surface area contributed by atoms with Crippen LogP contribution in [0.4, 0.5) is 0 Å². The summed E-state index contributed by atoms with van der Waals surface area (Å²) < 4.78 is 1.61. The van der Waals surface area contributed by atoms with Crippen LogP contribution in [0, 0.1) is 13.8 Å². The summed E-state index contributed by atoms with van der Waals surface area (Å²) in [6.45, 7) is 5.69. The van der Waals surface area contributed by atoms with E-state index in [-0.39, 0.29) is 12.3 Å². The van der Waals surface area contributed by atoms with Gasteiger partial charge in [0, 0.05) is 17.4 Å². The Bertz CT molecular complexity index is 708. The molecule has 0 saturated carbocycles. The number of amides is 1. The lowest BCUT2D eigenvalue weighted by molar-refractivity contribution is -0.137. The lowest BCUT2D eigenvalue weighted by Crippen LogP contribution is -2.36. The topological polar surface area (TPSA) is 96.6 Å². The minimum absolute atomic E-state index is 0.0930. The van der Waals surface area contributed by atoms with E-state index in [1.807, 2.05) is 26.8 Å². The van der Waals surface area contributed by atoms with Crippen LogP contribution in [-0.4, -0.2) is 37.6 Å². The van der Waals surface area contributed by atoms with Gasteiger partial charge in [-0.2, -0.15) is 5.10 Å². The quantitative estimate of drug-likeness (QED) is 0.847. The predicted molar refractivity (Wildman–Crippen MR) is 80.9 cm³/mol. The fraction of sp³-hybridized carbons (Fsp3) is 0.467. The summed E-state index contributed by atoms with van der Waals surface area (Å²) in [5.74, 6) is -1.27. The molecule has 0 radical (unpaired) electrons. The Labute approximate surface area is 128 Å². The number of hydrogen-bond donors (Lipinski definition) is 2. The molecule has 2 rings (SSSR count). The second-order valence-corrected chi connectivity index (χ2v) is 5.39. The molecule has 0 bridgehead atoms. The number of carboxylic acid groups (broad SMARTS) is 1. The third-order valence-corrected chi connectivity index (χ3v) is 3.42. The van der Waals surface area contributed by atoms with Gasteiger partial charge in [0.1, 0.15) is 5.56 Å². The maximum absolute atomic E-state index is 12.4. The highest BCUT2D eigenvalue weighted by atomic mass is 16.4. The van der Waals surface area contributed by atoms with E-state index < -0.39 is 12.0 Å². The zero-order valence-corrected chi connectivity index (χ0v) is 13.0. The van der Waals surface area contributed by atoms with E-state index in [1.54, 1.807) is 4.52 Å². The lowest BCUT2D eigenvalue weighted by atomic mass is 10.1. The van der Waals surface area contributed by atoms with Crippen LogP contribution < -0.4 is 5.32 Å². The van der Waals surface area contributed by atoms with Gasteiger partial charge in [-0.3, -0.25) is 9.59 Å². The molecule has 0 aliphatic rings. The summed E-state index contributed by atoms with van der Waals surface area (Å²) in [6, 6.07) is 1.49. The summed E-state index contributed by atoms with van der Waals surface area (Å²) in [5, 5.41) is 15.9. The number of aliphatic carboxylic acids is 1. The van der Waals surface area contributed by atoms with Crippen molar-refractivity contribution < 1.29 is 14.7 Å². The van der Waals surface area contributed by atoms with Gasteiger partial charge >= 0.3 is 5.97 Å². The number of carbonyl (C=O) groups excluding carboxylic acids is 1. The summed E-state index contributed by atoms with van der Waals surface area (Å²) in [7, 11) is 0. The molecular formula is C15H20N4O3. The minimum Gasteiger partial charge on any atom is -0.481 e. The summed E-state index contributed by atoms with van der Waals surface area (Å²) in [5.41, 5.74) is 2.53. The van der Waals surface area contributed by atoms with Crippen molar-refractivity contribution in [1.29, 1.82) is 0 Å². The molecule has 2 aromatic rings. The second kappa shape index (κ2) is 6.55. The molecule has 118 valence electrons. The van der Waals surface area contributed by atoms with Crippen LogP contribution in [0.3, 0.4) is 0 Å². The van der Waals surface area contributed by atoms with Gasteiger partial charge in [-0.25, -0.2) is 9.50 Å². The van der Waals surface area contributed by atoms with Crippen LogP contribution in [0.15, 0.2) is 12.3 Å². The molecule has 1 amide bonds. The average Bonchev–Trinajstić information content (AvgIpc) is 2.82. The summed E-state index contributed by atoms with van der Waals surface area (Å²) >= 11 is 0. The molecule has 0 unspecified atom stereocenters. The normalized spacial score (nSPS) is 12.3. The van der Waals surface area contributed by atoms with Crippen molar-refractivity contribution in [3.05, 3.63) is 29.2 Å². The number of carboxylic acids is 1. The highest BCUT2D eigenvalue weighted by Gasteiger charge is 2.20. The first kappa shape index (κ1) is 15.9. The van der Waals surface area contributed by atoms with Gasteiger partial charge in [-0.05, 0) is 26.3 Å². The average molecular weight is 304 g/mol. The van der Waals surface area contributed by atoms with E-state index in [0.29, 0.717) is 17.6 Å². The van der Waals surface area contributed by atoms with Crippen molar-refractivity contribution in [2.24, 2.45) is 0 Å². The highest BCUT2D eigenvalue weighted by Crippen LogP contribution is 2.13. The Morgan fingerprint density at radius 1 is 1.41 bits per heavy atom. The molecule has 0 saturated heterocycles. The Hall–Kier alpha value is -2.44. The smallest absolute Gasteiger partial charge is 0.305 e. The zero-order valence-electron chi connectivity index (χ0n) is 13.0. The molecular weight excluding hydrogens is 284 g/mol. The first-order valence-corrected chi connectivity index (χ1v) is 7.27. The fourth-order valence-corrected chi connectivity index (χ4v) is 2.48. The third kappa shape index (κ3) is 3.41. The van der Waals surface area contributed by atoms with Crippen LogP contribution in [0.2, 0.25) is 0 Å². The van der Waals surface area contributed by atoms with Gasteiger partial charge in [0.2, 0.25) is 0 Å². The number of carbonyl (C=O) groups is 2. The number of rotatable bonds is 6. The Kier molecular flexibility index (Phi) is 4.75. The van der Waals surface area contributed by atoms with Gasteiger partial charge in [-0.15, -0.1) is 0 Å². The lowest BCUT2D eigenvalue weighted by Gasteiger charge is -2.15. The molecule has 2 heterocycles. The van der Waals surface area contributed by atoms with Crippen LogP contribution in [0.1, 0.15) is 47.9 Å². The molecule has 0 aromatic carbocycles. The van der Waals surface area contributed by atoms with Crippen molar-refractivity contribution in [1.82, 2.24) is 19.9 Å². The number of hydrogen-bond acceptors (Lipinski definition) is 4. The van der Waals surface area contributed by atoms with E-state index in [1.165, 1.54) is 6.20 Å². The molecule has 0 spiro atoms. The van der Waals surface area contributed by atoms with E-state index in [9.17, 15) is 9.59 Å². The molecule has 22 heavy (non-hydrogen) atoms. The van der Waals surface area contributed by atoms with Gasteiger partial charge in [0.25, 0.3) is 5.91 Å². The number of fused-ring (bicyclic) bond motifs is 1. The van der Waals surface area contributed by atoms with Gasteiger partial charge < -0.3 is 10.4 Å². The summed E-state index contributed by atoms with van der Waals surface area (Å²) in [4.78, 5) is 27.6. The van der Waals surface area contributed by atoms with Crippen LogP contribution in [-0.2, 0) is 4.79 Å². The number of nitrogens with one attached hydrogen (secondary N) is 1. The van der Waals surface area contributed by atoms with Crippen molar-refractivity contribution in [3.63, 3.8) is 0 Å². The minimum atomic E-state index is -0.927. The maximum Gasteiger partial charge on any atom is 0.305 e. The molecule has 0 aliphatic carbocycles. The van der Waals surface area contributed by atoms with Crippen LogP contribution in [0.5, 0.6) is 0 Å². The summed E-state index contributed by atoms with van der Waals surface area (Å²) in [6.07, 6.45) is 2.78. The standard InChI is InChI=1S/C15H20N4O3/c1-4-5-11(7-13(20)21)18-15(22)12-8-16-19-10(3)6-9(2)17-14(12)19/h6,8,11H,4-5,7H2,1-3H3,(H,18,22)(H,20,21)/t11-/m0/s1. The van der Waals surface area contributed by atoms with Crippen LogP contribution in [0.25, 0.3) is 5.65 Å². The van der Waals surface area contributed by atoms with Gasteiger partial charge in [0.05, 0.1) is 12.6 Å².